The number of aromatic nitrogens is 3. The first-order valence-corrected chi connectivity index (χ1v) is 8.06. The Morgan fingerprint density at radius 1 is 0.773 bits per heavy atom. The fourth-order valence-corrected chi connectivity index (χ4v) is 2.86. The van der Waals surface area contributed by atoms with Gasteiger partial charge in [0.25, 0.3) is 0 Å². The van der Waals surface area contributed by atoms with Crippen molar-refractivity contribution in [1.29, 1.82) is 0 Å². The fourth-order valence-electron chi connectivity index (χ4n) is 2.14. The van der Waals surface area contributed by atoms with Gasteiger partial charge >= 0.3 is 7.60 Å². The standard InChI is InChI=1S/C15H12N3O3P/c19-22(20,21)13-7-4-10-18-15(13)14-11(5-3-9-17-14)12-6-1-2-8-16-12/h1-10H,(H2,19,20,21). The van der Waals surface area contributed by atoms with Gasteiger partial charge in [-0.2, -0.15) is 0 Å². The highest BCUT2D eigenvalue weighted by Crippen LogP contribution is 2.38. The highest BCUT2D eigenvalue weighted by molar-refractivity contribution is 7.60. The molecule has 0 saturated heterocycles. The Labute approximate surface area is 126 Å². The lowest BCUT2D eigenvalue weighted by Crippen LogP contribution is -2.11. The summed E-state index contributed by atoms with van der Waals surface area (Å²) in [4.78, 5) is 31.7. The molecule has 0 amide bonds. The maximum atomic E-state index is 11.7. The van der Waals surface area contributed by atoms with Crippen molar-refractivity contribution >= 4 is 12.9 Å². The predicted octanol–water partition coefficient (Wildman–Crippen LogP) is 2.01. The summed E-state index contributed by atoms with van der Waals surface area (Å²) in [6.07, 6.45) is 4.68. The Bertz CT molecular complexity index is 849. The van der Waals surface area contributed by atoms with E-state index in [2.05, 4.69) is 15.0 Å². The minimum absolute atomic E-state index is 0.147. The van der Waals surface area contributed by atoms with Crippen LogP contribution in [0.3, 0.4) is 0 Å². The molecule has 0 aromatic carbocycles. The molecular weight excluding hydrogens is 301 g/mol. The summed E-state index contributed by atoms with van der Waals surface area (Å²) in [5.41, 5.74) is 1.88. The van der Waals surface area contributed by atoms with E-state index < -0.39 is 7.60 Å². The topological polar surface area (TPSA) is 96.2 Å². The van der Waals surface area contributed by atoms with E-state index >= 15 is 0 Å². The molecule has 0 aliphatic carbocycles. The molecule has 3 rings (SSSR count). The van der Waals surface area contributed by atoms with Crippen molar-refractivity contribution < 1.29 is 14.4 Å². The van der Waals surface area contributed by atoms with Gasteiger partial charge in [-0.1, -0.05) is 6.07 Å². The van der Waals surface area contributed by atoms with E-state index in [0.29, 0.717) is 17.0 Å². The third-order valence-corrected chi connectivity index (χ3v) is 4.06. The summed E-state index contributed by atoms with van der Waals surface area (Å²) >= 11 is 0. The summed E-state index contributed by atoms with van der Waals surface area (Å²) in [6.45, 7) is 0. The number of rotatable bonds is 3. The lowest BCUT2D eigenvalue weighted by molar-refractivity contribution is 0.387. The van der Waals surface area contributed by atoms with Gasteiger partial charge < -0.3 is 9.79 Å². The average Bonchev–Trinajstić information content (AvgIpc) is 2.55. The number of pyridine rings is 3. The van der Waals surface area contributed by atoms with Gasteiger partial charge in [0, 0.05) is 24.2 Å². The van der Waals surface area contributed by atoms with Crippen molar-refractivity contribution in [3.05, 3.63) is 61.1 Å². The Balaban J connectivity index is 2.26. The second-order valence-electron chi connectivity index (χ2n) is 4.53. The van der Waals surface area contributed by atoms with Gasteiger partial charge in [-0.15, -0.1) is 0 Å². The minimum atomic E-state index is -4.46. The molecule has 0 atom stereocenters. The van der Waals surface area contributed by atoms with Crippen LogP contribution in [0.1, 0.15) is 0 Å². The summed E-state index contributed by atoms with van der Waals surface area (Å²) in [5.74, 6) is 0. The van der Waals surface area contributed by atoms with E-state index in [0.717, 1.165) is 0 Å². The molecule has 0 aliphatic rings. The van der Waals surface area contributed by atoms with E-state index in [1.54, 1.807) is 36.7 Å². The van der Waals surface area contributed by atoms with Gasteiger partial charge in [0.05, 0.1) is 16.7 Å². The minimum Gasteiger partial charge on any atom is -0.321 e. The summed E-state index contributed by atoms with van der Waals surface area (Å²) in [7, 11) is -4.46. The zero-order valence-electron chi connectivity index (χ0n) is 11.4. The normalized spacial score (nSPS) is 11.4. The molecule has 7 heteroatoms. The van der Waals surface area contributed by atoms with Crippen LogP contribution in [0.4, 0.5) is 0 Å². The van der Waals surface area contributed by atoms with Crippen molar-refractivity contribution in [2.45, 2.75) is 0 Å². The van der Waals surface area contributed by atoms with Crippen LogP contribution >= 0.6 is 7.60 Å². The first kappa shape index (κ1) is 14.5. The van der Waals surface area contributed by atoms with E-state index in [4.69, 9.17) is 0 Å². The lowest BCUT2D eigenvalue weighted by Gasteiger charge is -2.12. The molecule has 3 heterocycles. The largest absolute Gasteiger partial charge is 0.358 e. The molecule has 0 spiro atoms. The first-order valence-electron chi connectivity index (χ1n) is 6.45. The molecule has 110 valence electrons. The van der Waals surface area contributed by atoms with Gasteiger partial charge in [-0.3, -0.25) is 19.5 Å². The van der Waals surface area contributed by atoms with Crippen LogP contribution in [0.5, 0.6) is 0 Å². The molecule has 0 unspecified atom stereocenters. The highest BCUT2D eigenvalue weighted by atomic mass is 31.2. The Morgan fingerprint density at radius 3 is 2.14 bits per heavy atom. The Hall–Kier alpha value is -2.40. The van der Waals surface area contributed by atoms with E-state index in [1.165, 1.54) is 18.3 Å². The molecule has 2 N–H and O–H groups in total. The van der Waals surface area contributed by atoms with Crippen LogP contribution in [0.2, 0.25) is 0 Å². The third-order valence-electron chi connectivity index (χ3n) is 3.07. The maximum Gasteiger partial charge on any atom is 0.358 e. The Morgan fingerprint density at radius 2 is 1.45 bits per heavy atom. The molecule has 0 aliphatic heterocycles. The van der Waals surface area contributed by atoms with Crippen LogP contribution in [-0.2, 0) is 4.57 Å². The molecule has 3 aromatic rings. The van der Waals surface area contributed by atoms with Crippen molar-refractivity contribution in [3.63, 3.8) is 0 Å². The van der Waals surface area contributed by atoms with Crippen molar-refractivity contribution in [2.75, 3.05) is 0 Å². The van der Waals surface area contributed by atoms with Crippen LogP contribution in [-0.4, -0.2) is 24.7 Å². The Kier molecular flexibility index (Phi) is 3.81. The zero-order valence-corrected chi connectivity index (χ0v) is 12.3. The van der Waals surface area contributed by atoms with E-state index in [1.807, 2.05) is 6.07 Å². The van der Waals surface area contributed by atoms with Crippen molar-refractivity contribution in [1.82, 2.24) is 15.0 Å². The number of hydrogen-bond donors (Lipinski definition) is 2. The maximum absolute atomic E-state index is 11.7. The summed E-state index contributed by atoms with van der Waals surface area (Å²) in [6, 6.07) is 11.8. The van der Waals surface area contributed by atoms with Crippen LogP contribution in [0, 0.1) is 0 Å². The SMILES string of the molecule is O=P(O)(O)c1cccnc1-c1ncccc1-c1ccccn1. The smallest absolute Gasteiger partial charge is 0.321 e. The van der Waals surface area contributed by atoms with Crippen LogP contribution in [0.15, 0.2) is 61.1 Å². The predicted molar refractivity (Wildman–Crippen MR) is 82.4 cm³/mol. The molecule has 22 heavy (non-hydrogen) atoms. The zero-order chi connectivity index (χ0) is 15.6. The molecule has 6 nitrogen and oxygen atoms in total. The highest BCUT2D eigenvalue weighted by Gasteiger charge is 2.25. The second kappa shape index (κ2) is 5.77. The van der Waals surface area contributed by atoms with E-state index in [9.17, 15) is 14.4 Å². The summed E-state index contributed by atoms with van der Waals surface area (Å²) < 4.78 is 11.7. The molecule has 0 bridgehead atoms. The van der Waals surface area contributed by atoms with E-state index in [-0.39, 0.29) is 11.0 Å². The fraction of sp³-hybridized carbons (Fsp3) is 0. The lowest BCUT2D eigenvalue weighted by atomic mass is 10.1. The van der Waals surface area contributed by atoms with Gasteiger partial charge in [0.15, 0.2) is 0 Å². The quantitative estimate of drug-likeness (QED) is 0.718. The molecule has 0 radical (unpaired) electrons. The van der Waals surface area contributed by atoms with Crippen molar-refractivity contribution in [2.24, 2.45) is 0 Å². The van der Waals surface area contributed by atoms with Gasteiger partial charge in [-0.05, 0) is 36.4 Å². The number of nitrogens with zero attached hydrogens (tertiary/aromatic N) is 3. The average molecular weight is 313 g/mol. The second-order valence-corrected chi connectivity index (χ2v) is 6.10. The van der Waals surface area contributed by atoms with Gasteiger partial charge in [0.1, 0.15) is 5.69 Å². The molecule has 0 saturated carbocycles. The van der Waals surface area contributed by atoms with Crippen LogP contribution < -0.4 is 5.30 Å². The van der Waals surface area contributed by atoms with Gasteiger partial charge in [0.2, 0.25) is 0 Å². The summed E-state index contributed by atoms with van der Waals surface area (Å²) in [5, 5.41) is -0.147. The van der Waals surface area contributed by atoms with Gasteiger partial charge in [-0.25, -0.2) is 0 Å². The van der Waals surface area contributed by atoms with Crippen molar-refractivity contribution in [3.8, 4) is 22.6 Å². The molecule has 3 aromatic heterocycles. The van der Waals surface area contributed by atoms with Crippen LogP contribution in [0.25, 0.3) is 22.6 Å². The number of hydrogen-bond acceptors (Lipinski definition) is 4. The first-order chi connectivity index (χ1) is 10.6. The molecular formula is C15H12N3O3P. The third kappa shape index (κ3) is 2.80. The monoisotopic (exact) mass is 313 g/mol. The molecule has 0 fully saturated rings.